The molecule has 0 radical (unpaired) electrons. The van der Waals surface area contributed by atoms with Crippen LogP contribution < -0.4 is 16.4 Å². The number of aliphatic hydroxyl groups excluding tert-OH is 2. The molecule has 2 amide bonds. The Bertz CT molecular complexity index is 2160. The summed E-state index contributed by atoms with van der Waals surface area (Å²) in [7, 11) is -16.4. The largest absolute Gasteiger partial charge is 0.481 e. The number of aliphatic hydroxyl groups is 2. The first-order valence-corrected chi connectivity index (χ1v) is 32.0. The van der Waals surface area contributed by atoms with Gasteiger partial charge >= 0.3 is 23.5 Å². The van der Waals surface area contributed by atoms with Crippen molar-refractivity contribution in [3.8, 4) is 0 Å². The molecule has 0 saturated carbocycles. The molecule has 1 aliphatic rings. The number of phosphoric ester groups is 3. The van der Waals surface area contributed by atoms with Gasteiger partial charge in [0.1, 0.15) is 36.3 Å². The molecule has 1 fully saturated rings. The number of thioether (sulfide) groups is 1. The van der Waals surface area contributed by atoms with Gasteiger partial charge in [-0.15, -0.1) is 0 Å². The van der Waals surface area contributed by atoms with E-state index in [1.165, 1.54) is 148 Å². The van der Waals surface area contributed by atoms with Crippen molar-refractivity contribution in [2.24, 2.45) is 11.3 Å². The van der Waals surface area contributed by atoms with E-state index in [2.05, 4.69) is 48.3 Å². The standard InChI is InChI=1S/C47H86N7O17P3S/c1-5-6-7-8-9-10-11-12-13-14-15-16-17-18-19-20-21-22-23-24-25-35(2)30-38(56)75-29-28-49-37(55)26-27-50-45(59)42(58)47(3,4)32-68-74(65,66)71-73(63,64)67-31-36-41(70-72(60,61)62)40(57)46(69-36)54-34-53-39-43(48)51-33-52-44(39)54/h33-36,40-42,46,57-58H,5-32H2,1-4H3,(H,49,55)(H,50,59)(H,63,64)(H,65,66)(H2,48,51,52)(H2,60,61,62). The minimum atomic E-state index is -5.58. The van der Waals surface area contributed by atoms with E-state index in [1.807, 2.05) is 0 Å². The number of carbonyl (C=O) groups excluding carboxylic acids is 3. The van der Waals surface area contributed by atoms with Crippen molar-refractivity contribution in [2.75, 3.05) is 37.8 Å². The van der Waals surface area contributed by atoms with Gasteiger partial charge in [0, 0.05) is 37.1 Å². The maximum Gasteiger partial charge on any atom is 0.481 e. The molecule has 0 bridgehead atoms. The molecule has 0 spiro atoms. The molecular formula is C47H86N7O17P3S. The summed E-state index contributed by atoms with van der Waals surface area (Å²) < 4.78 is 62.6. The Balaban J connectivity index is 1.23. The SMILES string of the molecule is CCCCCCCCCCCCCCCCCCCCCCC(C)CC(=O)SCCNC(=O)CCNC(=O)C(O)C(C)(C)COP(=O)(O)OP(=O)(O)OCC1OC(n2cnc3c(N)ncnc32)C(O)C1OP(=O)(O)O. The number of nitrogens with one attached hydrogen (secondary N) is 2. The van der Waals surface area contributed by atoms with Crippen molar-refractivity contribution in [1.82, 2.24) is 30.2 Å². The molecule has 28 heteroatoms. The van der Waals surface area contributed by atoms with Gasteiger partial charge in [0.15, 0.2) is 22.8 Å². The maximum absolute atomic E-state index is 12.8. The molecule has 0 aromatic carbocycles. The lowest BCUT2D eigenvalue weighted by Crippen LogP contribution is -2.46. The molecule has 24 nitrogen and oxygen atoms in total. The number of phosphoric acid groups is 3. The van der Waals surface area contributed by atoms with Crippen LogP contribution in [0.5, 0.6) is 0 Å². The van der Waals surface area contributed by atoms with Crippen LogP contribution in [0.15, 0.2) is 12.7 Å². The van der Waals surface area contributed by atoms with Crippen LogP contribution in [0.2, 0.25) is 0 Å². The second kappa shape index (κ2) is 34.5. The monoisotopic (exact) mass is 1150 g/mol. The molecule has 3 heterocycles. The number of fused-ring (bicyclic) bond motifs is 1. The normalized spacial score (nSPS) is 19.7. The number of rotatable bonds is 42. The van der Waals surface area contributed by atoms with Crippen LogP contribution in [0.4, 0.5) is 5.82 Å². The first-order chi connectivity index (χ1) is 35.4. The number of unbranched alkanes of at least 4 members (excludes halogenated alkanes) is 19. The molecule has 8 unspecified atom stereocenters. The highest BCUT2D eigenvalue weighted by Crippen LogP contribution is 2.61. The molecular weight excluding hydrogens is 1060 g/mol. The number of nitrogens with zero attached hydrogens (tertiary/aromatic N) is 4. The zero-order valence-electron chi connectivity index (χ0n) is 44.2. The van der Waals surface area contributed by atoms with Crippen LogP contribution in [0.3, 0.4) is 0 Å². The molecule has 432 valence electrons. The summed E-state index contributed by atoms with van der Waals surface area (Å²) in [6, 6.07) is 0. The van der Waals surface area contributed by atoms with E-state index in [0.717, 1.165) is 30.1 Å². The van der Waals surface area contributed by atoms with Crippen molar-refractivity contribution < 1.29 is 80.5 Å². The second-order valence-electron chi connectivity index (χ2n) is 20.1. The first-order valence-electron chi connectivity index (χ1n) is 26.5. The van der Waals surface area contributed by atoms with Gasteiger partial charge in [-0.1, -0.05) is 174 Å². The fourth-order valence-corrected chi connectivity index (χ4v) is 12.2. The molecule has 0 aliphatic carbocycles. The molecule has 10 N–H and O–H groups in total. The number of carbonyl (C=O) groups is 3. The summed E-state index contributed by atoms with van der Waals surface area (Å²) in [4.78, 5) is 88.9. The smallest absolute Gasteiger partial charge is 0.386 e. The van der Waals surface area contributed by atoms with Gasteiger partial charge in [0.05, 0.1) is 19.5 Å². The Morgan fingerprint density at radius 1 is 0.813 bits per heavy atom. The van der Waals surface area contributed by atoms with E-state index >= 15 is 0 Å². The van der Waals surface area contributed by atoms with Crippen molar-refractivity contribution in [3.05, 3.63) is 12.7 Å². The summed E-state index contributed by atoms with van der Waals surface area (Å²) in [5.41, 5.74) is 4.30. The third-order valence-corrected chi connectivity index (χ3v) is 16.8. The lowest BCUT2D eigenvalue weighted by atomic mass is 9.87. The van der Waals surface area contributed by atoms with Crippen LogP contribution in [0, 0.1) is 11.3 Å². The number of ether oxygens (including phenoxy) is 1. The first kappa shape index (κ1) is 66.8. The summed E-state index contributed by atoms with van der Waals surface area (Å²) in [5, 5.41) is 26.8. The molecule has 2 aromatic rings. The second-order valence-corrected chi connectivity index (χ2v) is 25.5. The third-order valence-electron chi connectivity index (χ3n) is 12.8. The van der Waals surface area contributed by atoms with E-state index in [0.29, 0.717) is 12.2 Å². The van der Waals surface area contributed by atoms with Gasteiger partial charge in [-0.25, -0.2) is 28.6 Å². The molecule has 3 rings (SSSR count). The Kier molecular flexibility index (Phi) is 30.8. The van der Waals surface area contributed by atoms with Gasteiger partial charge < -0.3 is 50.9 Å². The van der Waals surface area contributed by atoms with Gasteiger partial charge in [0.2, 0.25) is 11.8 Å². The fourth-order valence-electron chi connectivity index (χ4n) is 8.49. The molecule has 1 aliphatic heterocycles. The quantitative estimate of drug-likeness (QED) is 0.0225. The Hall–Kier alpha value is -2.44. The van der Waals surface area contributed by atoms with Crippen LogP contribution in [0.25, 0.3) is 11.2 Å². The van der Waals surface area contributed by atoms with Crippen LogP contribution >= 0.6 is 35.2 Å². The number of hydrogen-bond acceptors (Lipinski definition) is 18. The van der Waals surface area contributed by atoms with Crippen molar-refractivity contribution in [1.29, 1.82) is 0 Å². The number of nitrogens with two attached hydrogens (primary N) is 1. The lowest BCUT2D eigenvalue weighted by Gasteiger charge is -2.30. The van der Waals surface area contributed by atoms with Crippen LogP contribution in [-0.4, -0.2) is 123 Å². The molecule has 75 heavy (non-hydrogen) atoms. The van der Waals surface area contributed by atoms with Crippen molar-refractivity contribution in [3.63, 3.8) is 0 Å². The minimum Gasteiger partial charge on any atom is -0.386 e. The van der Waals surface area contributed by atoms with E-state index in [4.69, 9.17) is 19.5 Å². The summed E-state index contributed by atoms with van der Waals surface area (Å²) >= 11 is 1.17. The van der Waals surface area contributed by atoms with Crippen molar-refractivity contribution >= 4 is 69.1 Å². The van der Waals surface area contributed by atoms with E-state index in [9.17, 15) is 57.9 Å². The average Bonchev–Trinajstić information content (AvgIpc) is 3.90. The lowest BCUT2D eigenvalue weighted by molar-refractivity contribution is -0.137. The third kappa shape index (κ3) is 26.8. The van der Waals surface area contributed by atoms with Crippen LogP contribution in [0.1, 0.15) is 182 Å². The number of anilines is 1. The average molecular weight is 1150 g/mol. The van der Waals surface area contributed by atoms with Gasteiger partial charge in [-0.2, -0.15) is 4.31 Å². The van der Waals surface area contributed by atoms with Gasteiger partial charge in [0.25, 0.3) is 0 Å². The molecule has 2 aromatic heterocycles. The zero-order chi connectivity index (χ0) is 55.5. The summed E-state index contributed by atoms with van der Waals surface area (Å²) in [5.74, 6) is -0.735. The van der Waals surface area contributed by atoms with E-state index in [-0.39, 0.29) is 47.5 Å². The Morgan fingerprint density at radius 3 is 1.92 bits per heavy atom. The van der Waals surface area contributed by atoms with Gasteiger partial charge in [-0.05, 0) is 5.92 Å². The highest BCUT2D eigenvalue weighted by atomic mass is 32.2. The summed E-state index contributed by atoms with van der Waals surface area (Å²) in [6.45, 7) is 4.94. The Labute approximate surface area is 446 Å². The predicted octanol–water partition coefficient (Wildman–Crippen LogP) is 7.90. The minimum absolute atomic E-state index is 0.0345. The van der Waals surface area contributed by atoms with Crippen molar-refractivity contribution in [2.45, 2.75) is 206 Å². The Morgan fingerprint density at radius 2 is 1.36 bits per heavy atom. The fraction of sp³-hybridized carbons (Fsp3) is 0.830. The number of imidazole rings is 1. The topological polar surface area (TPSA) is 364 Å². The highest BCUT2D eigenvalue weighted by Gasteiger charge is 2.50. The number of nitrogen functional groups attached to an aromatic ring is 1. The maximum atomic E-state index is 12.8. The number of amides is 2. The van der Waals surface area contributed by atoms with Crippen LogP contribution in [-0.2, 0) is 50.7 Å². The number of hydrogen-bond donors (Lipinski definition) is 9. The zero-order valence-corrected chi connectivity index (χ0v) is 47.7. The van der Waals surface area contributed by atoms with Gasteiger partial charge in [-0.3, -0.25) is 32.5 Å². The number of aromatic nitrogens is 4. The summed E-state index contributed by atoms with van der Waals surface area (Å²) in [6.07, 6.45) is 21.4. The molecule has 1 saturated heterocycles. The molecule has 8 atom stereocenters. The highest BCUT2D eigenvalue weighted by molar-refractivity contribution is 8.13. The van der Waals surface area contributed by atoms with E-state index in [1.54, 1.807) is 0 Å². The predicted molar refractivity (Wildman–Crippen MR) is 284 cm³/mol. The van der Waals surface area contributed by atoms with E-state index < -0.39 is 84.6 Å².